The van der Waals surface area contributed by atoms with E-state index in [2.05, 4.69) is 58.0 Å². The number of hydrogen-bond acceptors (Lipinski definition) is 4. The van der Waals surface area contributed by atoms with Crippen molar-refractivity contribution < 1.29 is 8.85 Å². The second-order valence-electron chi connectivity index (χ2n) is 6.66. The number of nitrogens with zero attached hydrogens (tertiary/aromatic N) is 1. The number of hydrogen-bond donors (Lipinski definition) is 1. The summed E-state index contributed by atoms with van der Waals surface area (Å²) in [5.41, 5.74) is -0.0615. The van der Waals surface area contributed by atoms with E-state index < -0.39 is 8.88 Å². The second kappa shape index (κ2) is 7.18. The molecule has 5 heteroatoms. The van der Waals surface area contributed by atoms with Crippen molar-refractivity contribution in [1.82, 2.24) is 9.55 Å². The summed E-state index contributed by atoms with van der Waals surface area (Å²) < 4.78 is 14.7. The van der Waals surface area contributed by atoms with E-state index in [1.165, 1.54) is 0 Å². The molecular weight excluding hydrogens is 256 g/mol. The molecule has 116 valence electrons. The molecule has 0 aliphatic heterocycles. The highest BCUT2D eigenvalue weighted by Gasteiger charge is 2.54. The van der Waals surface area contributed by atoms with Crippen LogP contribution >= 0.6 is 0 Å². The first-order chi connectivity index (χ1) is 8.55. The van der Waals surface area contributed by atoms with Gasteiger partial charge < -0.3 is 8.85 Å². The first-order valence-corrected chi connectivity index (χ1v) is 9.15. The molecule has 0 heterocycles. The molecule has 0 fully saturated rings. The van der Waals surface area contributed by atoms with Crippen molar-refractivity contribution in [3.05, 3.63) is 0 Å². The van der Waals surface area contributed by atoms with Crippen LogP contribution in [0.25, 0.3) is 0 Å². The Balaban J connectivity index is 5.70. The van der Waals surface area contributed by atoms with Gasteiger partial charge in [0, 0.05) is 24.3 Å². The molecule has 0 amide bonds. The van der Waals surface area contributed by atoms with Crippen LogP contribution in [0.3, 0.4) is 0 Å². The molecule has 0 unspecified atom stereocenters. The highest BCUT2D eigenvalue weighted by atomic mass is 28.4. The molecule has 19 heavy (non-hydrogen) atoms. The maximum Gasteiger partial charge on any atom is 0.520 e. The Bertz CT molecular complexity index is 228. The van der Waals surface area contributed by atoms with E-state index >= 15 is 0 Å². The Morgan fingerprint density at radius 3 is 1.42 bits per heavy atom. The summed E-state index contributed by atoms with van der Waals surface area (Å²) >= 11 is 0. The van der Waals surface area contributed by atoms with Crippen LogP contribution in [0.2, 0.25) is 0 Å². The molecule has 0 atom stereocenters. The summed E-state index contributed by atoms with van der Waals surface area (Å²) in [5, 5.41) is 0. The molecule has 0 aliphatic rings. The molecule has 0 saturated heterocycles. The predicted molar refractivity (Wildman–Crippen MR) is 84.0 cm³/mol. The zero-order valence-corrected chi connectivity index (χ0v) is 15.4. The standard InChI is InChI=1S/C14H34N2O2Si/c1-10-15-19(17-11-2,18-12-3)16(13(4,5)6)14(7,8)9/h15H,10-12H2,1-9H3. The summed E-state index contributed by atoms with van der Waals surface area (Å²) in [6, 6.07) is 0. The first-order valence-electron chi connectivity index (χ1n) is 7.38. The van der Waals surface area contributed by atoms with Crippen LogP contribution in [-0.4, -0.2) is 44.3 Å². The van der Waals surface area contributed by atoms with E-state index in [1.807, 2.05) is 13.8 Å². The van der Waals surface area contributed by atoms with E-state index in [9.17, 15) is 0 Å². The van der Waals surface area contributed by atoms with Gasteiger partial charge in [-0.3, -0.25) is 9.55 Å². The van der Waals surface area contributed by atoms with Gasteiger partial charge in [-0.15, -0.1) is 0 Å². The maximum atomic E-state index is 6.16. The van der Waals surface area contributed by atoms with Crippen LogP contribution < -0.4 is 4.98 Å². The normalized spacial score (nSPS) is 14.2. The van der Waals surface area contributed by atoms with Gasteiger partial charge in [0.1, 0.15) is 0 Å². The Labute approximate surface area is 121 Å². The van der Waals surface area contributed by atoms with Crippen molar-refractivity contribution in [3.8, 4) is 0 Å². The largest absolute Gasteiger partial charge is 0.520 e. The molecule has 0 aromatic carbocycles. The fourth-order valence-corrected chi connectivity index (χ4v) is 6.56. The van der Waals surface area contributed by atoms with Crippen molar-refractivity contribution in [3.63, 3.8) is 0 Å². The average Bonchev–Trinajstić information content (AvgIpc) is 2.13. The predicted octanol–water partition coefficient (Wildman–Crippen LogP) is 3.00. The van der Waals surface area contributed by atoms with Crippen molar-refractivity contribution in [1.29, 1.82) is 0 Å². The lowest BCUT2D eigenvalue weighted by Crippen LogP contribution is -2.77. The summed E-state index contributed by atoms with van der Waals surface area (Å²) in [5.74, 6) is 0. The van der Waals surface area contributed by atoms with Gasteiger partial charge in [0.2, 0.25) is 0 Å². The monoisotopic (exact) mass is 290 g/mol. The zero-order chi connectivity index (χ0) is 15.3. The Morgan fingerprint density at radius 1 is 0.842 bits per heavy atom. The van der Waals surface area contributed by atoms with Gasteiger partial charge in [-0.1, -0.05) is 6.92 Å². The maximum absolute atomic E-state index is 6.16. The highest BCUT2D eigenvalue weighted by Crippen LogP contribution is 2.31. The van der Waals surface area contributed by atoms with Gasteiger partial charge in [-0.05, 0) is 61.9 Å². The molecule has 0 radical (unpaired) electrons. The average molecular weight is 291 g/mol. The fourth-order valence-electron chi connectivity index (χ4n) is 2.86. The summed E-state index contributed by atoms with van der Waals surface area (Å²) in [6.07, 6.45) is 0. The number of rotatable bonds is 7. The van der Waals surface area contributed by atoms with Gasteiger partial charge in [0.15, 0.2) is 0 Å². The van der Waals surface area contributed by atoms with E-state index in [0.29, 0.717) is 13.2 Å². The highest BCUT2D eigenvalue weighted by molar-refractivity contribution is 6.62. The van der Waals surface area contributed by atoms with Crippen molar-refractivity contribution in [2.45, 2.75) is 73.4 Å². The molecule has 0 bridgehead atoms. The molecule has 0 saturated carbocycles. The van der Waals surface area contributed by atoms with Crippen LogP contribution in [0.1, 0.15) is 62.3 Å². The van der Waals surface area contributed by atoms with Crippen molar-refractivity contribution in [2.75, 3.05) is 19.8 Å². The molecule has 0 aliphatic carbocycles. The van der Waals surface area contributed by atoms with Crippen LogP contribution in [0.5, 0.6) is 0 Å². The minimum absolute atomic E-state index is 0.0308. The summed E-state index contributed by atoms with van der Waals surface area (Å²) in [4.78, 5) is 3.53. The van der Waals surface area contributed by atoms with Gasteiger partial charge in [-0.25, -0.2) is 0 Å². The molecule has 4 nitrogen and oxygen atoms in total. The summed E-state index contributed by atoms with van der Waals surface area (Å²) in [6.45, 7) is 21.6. The number of nitrogens with one attached hydrogen (secondary N) is 1. The molecule has 0 aromatic rings. The van der Waals surface area contributed by atoms with Crippen molar-refractivity contribution in [2.24, 2.45) is 0 Å². The van der Waals surface area contributed by atoms with Gasteiger partial charge in [0.25, 0.3) is 0 Å². The van der Waals surface area contributed by atoms with E-state index in [-0.39, 0.29) is 11.1 Å². The lowest BCUT2D eigenvalue weighted by Gasteiger charge is -2.53. The lowest BCUT2D eigenvalue weighted by molar-refractivity contribution is 0.0199. The molecule has 1 N–H and O–H groups in total. The van der Waals surface area contributed by atoms with Crippen LogP contribution in [-0.2, 0) is 8.85 Å². The lowest BCUT2D eigenvalue weighted by atomic mass is 10.0. The third-order valence-electron chi connectivity index (χ3n) is 2.72. The van der Waals surface area contributed by atoms with Gasteiger partial charge >= 0.3 is 8.88 Å². The Morgan fingerprint density at radius 2 is 1.21 bits per heavy atom. The quantitative estimate of drug-likeness (QED) is 0.731. The third kappa shape index (κ3) is 5.15. The summed E-state index contributed by atoms with van der Waals surface area (Å²) in [7, 11) is -2.61. The first kappa shape index (κ1) is 19.1. The Hall–Kier alpha value is 0.0569. The van der Waals surface area contributed by atoms with Gasteiger partial charge in [0.05, 0.1) is 0 Å². The molecular formula is C14H34N2O2Si. The SMILES string of the molecule is CCN[Si](OCC)(OCC)N(C(C)(C)C)C(C)(C)C. The van der Waals surface area contributed by atoms with Crippen LogP contribution in [0.15, 0.2) is 0 Å². The topological polar surface area (TPSA) is 33.7 Å². The minimum atomic E-state index is -2.61. The molecule has 0 aromatic heterocycles. The van der Waals surface area contributed by atoms with E-state index in [0.717, 1.165) is 6.54 Å². The third-order valence-corrected chi connectivity index (χ3v) is 6.81. The second-order valence-corrected chi connectivity index (χ2v) is 9.20. The Kier molecular flexibility index (Phi) is 7.20. The van der Waals surface area contributed by atoms with E-state index in [1.54, 1.807) is 0 Å². The van der Waals surface area contributed by atoms with Crippen molar-refractivity contribution >= 4 is 8.88 Å². The molecule has 0 rings (SSSR count). The van der Waals surface area contributed by atoms with E-state index in [4.69, 9.17) is 8.85 Å². The fraction of sp³-hybridized carbons (Fsp3) is 1.00. The smallest absolute Gasteiger partial charge is 0.371 e. The van der Waals surface area contributed by atoms with Crippen LogP contribution in [0, 0.1) is 0 Å². The van der Waals surface area contributed by atoms with Gasteiger partial charge in [-0.2, -0.15) is 0 Å². The molecule has 0 spiro atoms. The van der Waals surface area contributed by atoms with Crippen LogP contribution in [0.4, 0.5) is 0 Å². The minimum Gasteiger partial charge on any atom is -0.371 e. The zero-order valence-electron chi connectivity index (χ0n) is 14.4.